The summed E-state index contributed by atoms with van der Waals surface area (Å²) >= 11 is 5.92. The fourth-order valence-electron chi connectivity index (χ4n) is 2.77. The van der Waals surface area contributed by atoms with Crippen LogP contribution in [-0.2, 0) is 0 Å². The Morgan fingerprint density at radius 3 is 2.32 bits per heavy atom. The molecule has 0 radical (unpaired) electrons. The molecule has 1 aliphatic rings. The van der Waals surface area contributed by atoms with E-state index >= 15 is 0 Å². The molecule has 2 heterocycles. The highest BCUT2D eigenvalue weighted by Crippen LogP contribution is 2.21. The Morgan fingerprint density at radius 2 is 1.77 bits per heavy atom. The SMILES string of the molecule is Cc1noc(C)c1C(=O)N1CCN(c2ccc(Cl)cc2)CC1. The lowest BCUT2D eigenvalue weighted by Gasteiger charge is -2.36. The quantitative estimate of drug-likeness (QED) is 0.854. The number of benzene rings is 1. The average Bonchev–Trinajstić information content (AvgIpc) is 2.86. The standard InChI is InChI=1S/C16H18ClN3O2/c1-11-15(12(2)22-18-11)16(21)20-9-7-19(8-10-20)14-5-3-13(17)4-6-14/h3-6H,7-10H2,1-2H3. The second-order valence-corrected chi connectivity index (χ2v) is 5.89. The van der Waals surface area contributed by atoms with Crippen molar-refractivity contribution < 1.29 is 9.32 Å². The van der Waals surface area contributed by atoms with E-state index in [2.05, 4.69) is 10.1 Å². The summed E-state index contributed by atoms with van der Waals surface area (Å²) in [4.78, 5) is 16.7. The minimum absolute atomic E-state index is 0.00649. The van der Waals surface area contributed by atoms with E-state index in [0.29, 0.717) is 30.1 Å². The molecule has 0 unspecified atom stereocenters. The number of amides is 1. The number of rotatable bonds is 2. The van der Waals surface area contributed by atoms with Crippen molar-refractivity contribution >= 4 is 23.2 Å². The topological polar surface area (TPSA) is 49.6 Å². The molecule has 1 fully saturated rings. The Kier molecular flexibility index (Phi) is 4.07. The van der Waals surface area contributed by atoms with Gasteiger partial charge in [0.05, 0.1) is 5.69 Å². The van der Waals surface area contributed by atoms with Crippen LogP contribution >= 0.6 is 11.6 Å². The molecule has 0 atom stereocenters. The van der Waals surface area contributed by atoms with E-state index in [9.17, 15) is 4.79 Å². The van der Waals surface area contributed by atoms with Gasteiger partial charge in [-0.15, -0.1) is 0 Å². The molecule has 1 aromatic heterocycles. The summed E-state index contributed by atoms with van der Waals surface area (Å²) in [5.74, 6) is 0.592. The Labute approximate surface area is 134 Å². The number of aromatic nitrogens is 1. The number of nitrogens with zero attached hydrogens (tertiary/aromatic N) is 3. The van der Waals surface area contributed by atoms with Crippen molar-refractivity contribution in [1.82, 2.24) is 10.1 Å². The van der Waals surface area contributed by atoms with Gasteiger partial charge in [-0.2, -0.15) is 0 Å². The molecule has 0 bridgehead atoms. The molecule has 22 heavy (non-hydrogen) atoms. The van der Waals surface area contributed by atoms with Gasteiger partial charge in [0.15, 0.2) is 0 Å². The summed E-state index contributed by atoms with van der Waals surface area (Å²) in [5, 5.41) is 4.59. The number of hydrogen-bond donors (Lipinski definition) is 0. The second-order valence-electron chi connectivity index (χ2n) is 5.45. The van der Waals surface area contributed by atoms with Gasteiger partial charge in [0.1, 0.15) is 11.3 Å². The van der Waals surface area contributed by atoms with Gasteiger partial charge in [-0.25, -0.2) is 0 Å². The normalized spacial score (nSPS) is 15.2. The molecule has 0 spiro atoms. The first-order valence-electron chi connectivity index (χ1n) is 7.29. The van der Waals surface area contributed by atoms with Gasteiger partial charge in [-0.3, -0.25) is 4.79 Å². The maximum Gasteiger partial charge on any atom is 0.259 e. The fourth-order valence-corrected chi connectivity index (χ4v) is 2.89. The number of carbonyl (C=O) groups excluding carboxylic acids is 1. The van der Waals surface area contributed by atoms with Crippen molar-refractivity contribution in [3.8, 4) is 0 Å². The highest BCUT2D eigenvalue weighted by molar-refractivity contribution is 6.30. The Balaban J connectivity index is 1.67. The van der Waals surface area contributed by atoms with Gasteiger partial charge in [0.2, 0.25) is 0 Å². The minimum Gasteiger partial charge on any atom is -0.368 e. The fraction of sp³-hybridized carbons (Fsp3) is 0.375. The van der Waals surface area contributed by atoms with Crippen LogP contribution in [0.25, 0.3) is 0 Å². The number of halogens is 1. The van der Waals surface area contributed by atoms with E-state index < -0.39 is 0 Å². The van der Waals surface area contributed by atoms with Crippen LogP contribution in [0.5, 0.6) is 0 Å². The Hall–Kier alpha value is -2.01. The van der Waals surface area contributed by atoms with Gasteiger partial charge < -0.3 is 14.3 Å². The number of carbonyl (C=O) groups is 1. The molecule has 0 saturated carbocycles. The number of piperazine rings is 1. The molecule has 0 aliphatic carbocycles. The van der Waals surface area contributed by atoms with E-state index in [1.54, 1.807) is 13.8 Å². The molecule has 6 heteroatoms. The van der Waals surface area contributed by atoms with Crippen LogP contribution in [0.2, 0.25) is 5.02 Å². The van der Waals surface area contributed by atoms with Gasteiger partial charge in [-0.05, 0) is 38.1 Å². The minimum atomic E-state index is 0.00649. The van der Waals surface area contributed by atoms with Crippen molar-refractivity contribution in [2.24, 2.45) is 0 Å². The highest BCUT2D eigenvalue weighted by Gasteiger charge is 2.26. The summed E-state index contributed by atoms with van der Waals surface area (Å²) in [5.41, 5.74) is 2.39. The zero-order chi connectivity index (χ0) is 15.7. The van der Waals surface area contributed by atoms with E-state index in [1.807, 2.05) is 29.2 Å². The lowest BCUT2D eigenvalue weighted by atomic mass is 10.1. The maximum absolute atomic E-state index is 12.6. The lowest BCUT2D eigenvalue weighted by molar-refractivity contribution is 0.0744. The summed E-state index contributed by atoms with van der Waals surface area (Å²) in [7, 11) is 0. The molecular formula is C16H18ClN3O2. The van der Waals surface area contributed by atoms with Crippen LogP contribution in [0.15, 0.2) is 28.8 Å². The van der Waals surface area contributed by atoms with Crippen molar-refractivity contribution in [3.63, 3.8) is 0 Å². The molecule has 1 aromatic carbocycles. The largest absolute Gasteiger partial charge is 0.368 e. The smallest absolute Gasteiger partial charge is 0.259 e. The molecule has 5 nitrogen and oxygen atoms in total. The van der Waals surface area contributed by atoms with Gasteiger partial charge in [0.25, 0.3) is 5.91 Å². The third-order valence-electron chi connectivity index (χ3n) is 4.01. The predicted molar refractivity (Wildman–Crippen MR) is 85.5 cm³/mol. The molecule has 0 N–H and O–H groups in total. The zero-order valence-corrected chi connectivity index (χ0v) is 13.4. The molecular weight excluding hydrogens is 302 g/mol. The predicted octanol–water partition coefficient (Wildman–Crippen LogP) is 2.91. The van der Waals surface area contributed by atoms with Gasteiger partial charge >= 0.3 is 0 Å². The third-order valence-corrected chi connectivity index (χ3v) is 4.26. The van der Waals surface area contributed by atoms with Crippen molar-refractivity contribution in [1.29, 1.82) is 0 Å². The van der Waals surface area contributed by atoms with E-state index in [4.69, 9.17) is 16.1 Å². The van der Waals surface area contributed by atoms with Crippen molar-refractivity contribution in [3.05, 3.63) is 46.3 Å². The summed E-state index contributed by atoms with van der Waals surface area (Å²) in [6.07, 6.45) is 0. The van der Waals surface area contributed by atoms with E-state index in [1.165, 1.54) is 0 Å². The summed E-state index contributed by atoms with van der Waals surface area (Å²) in [6.45, 7) is 6.55. The molecule has 3 rings (SSSR count). The number of anilines is 1. The zero-order valence-electron chi connectivity index (χ0n) is 12.7. The second kappa shape index (κ2) is 6.01. The molecule has 1 saturated heterocycles. The van der Waals surface area contributed by atoms with Crippen LogP contribution < -0.4 is 4.90 Å². The lowest BCUT2D eigenvalue weighted by Crippen LogP contribution is -2.49. The summed E-state index contributed by atoms with van der Waals surface area (Å²) in [6, 6.07) is 7.79. The van der Waals surface area contributed by atoms with Crippen LogP contribution in [0.1, 0.15) is 21.8 Å². The Bertz CT molecular complexity index is 654. The molecule has 116 valence electrons. The Morgan fingerprint density at radius 1 is 1.14 bits per heavy atom. The number of aryl methyl sites for hydroxylation is 2. The highest BCUT2D eigenvalue weighted by atomic mass is 35.5. The van der Waals surface area contributed by atoms with Crippen molar-refractivity contribution in [2.75, 3.05) is 31.1 Å². The first-order chi connectivity index (χ1) is 10.6. The van der Waals surface area contributed by atoms with Crippen LogP contribution in [0, 0.1) is 13.8 Å². The van der Waals surface area contributed by atoms with E-state index in [0.717, 1.165) is 23.8 Å². The molecule has 2 aromatic rings. The third kappa shape index (κ3) is 2.81. The van der Waals surface area contributed by atoms with Crippen LogP contribution in [0.3, 0.4) is 0 Å². The molecule has 1 aliphatic heterocycles. The molecule has 1 amide bonds. The van der Waals surface area contributed by atoms with Crippen molar-refractivity contribution in [2.45, 2.75) is 13.8 Å². The number of hydrogen-bond acceptors (Lipinski definition) is 4. The van der Waals surface area contributed by atoms with Crippen LogP contribution in [-0.4, -0.2) is 42.1 Å². The van der Waals surface area contributed by atoms with Crippen LogP contribution in [0.4, 0.5) is 5.69 Å². The van der Waals surface area contributed by atoms with Gasteiger partial charge in [0, 0.05) is 36.9 Å². The van der Waals surface area contributed by atoms with E-state index in [-0.39, 0.29) is 5.91 Å². The first kappa shape index (κ1) is 14.9. The van der Waals surface area contributed by atoms with Gasteiger partial charge in [-0.1, -0.05) is 16.8 Å². The summed E-state index contributed by atoms with van der Waals surface area (Å²) < 4.78 is 5.09. The maximum atomic E-state index is 12.6. The monoisotopic (exact) mass is 319 g/mol. The first-order valence-corrected chi connectivity index (χ1v) is 7.66. The average molecular weight is 320 g/mol.